The summed E-state index contributed by atoms with van der Waals surface area (Å²) in [7, 11) is 0. The van der Waals surface area contributed by atoms with Gasteiger partial charge in [0, 0.05) is 0 Å². The average Bonchev–Trinajstić information content (AvgIpc) is 2.18. The minimum Gasteiger partial charge on any atom is -0.478 e. The first-order valence-electron chi connectivity index (χ1n) is 3.63. The molecule has 0 aliphatic heterocycles. The Kier molecular flexibility index (Phi) is 2.96. The van der Waals surface area contributed by atoms with E-state index >= 15 is 0 Å². The Morgan fingerprint density at radius 3 is 2.50 bits per heavy atom. The molecule has 1 aromatic rings. The van der Waals surface area contributed by atoms with Crippen LogP contribution in [-0.4, -0.2) is 23.5 Å². The SMILES string of the molecule is O=COC(=O)c1cccc(C(=O)O)c1. The third kappa shape index (κ3) is 2.16. The van der Waals surface area contributed by atoms with Crippen molar-refractivity contribution >= 4 is 18.4 Å². The normalized spacial score (nSPS) is 9.14. The molecule has 1 N–H and O–H groups in total. The monoisotopic (exact) mass is 194 g/mol. The molecule has 0 unspecified atom stereocenters. The highest BCUT2D eigenvalue weighted by Crippen LogP contribution is 2.06. The number of hydrogen-bond acceptors (Lipinski definition) is 4. The van der Waals surface area contributed by atoms with Crippen LogP contribution in [0.2, 0.25) is 0 Å². The summed E-state index contributed by atoms with van der Waals surface area (Å²) in [5, 5.41) is 8.60. The Bertz CT molecular complexity index is 383. The van der Waals surface area contributed by atoms with Crippen LogP contribution in [0, 0.1) is 0 Å². The van der Waals surface area contributed by atoms with Crippen LogP contribution in [0.3, 0.4) is 0 Å². The van der Waals surface area contributed by atoms with Crippen molar-refractivity contribution in [2.75, 3.05) is 0 Å². The number of esters is 1. The second-order valence-electron chi connectivity index (χ2n) is 2.39. The van der Waals surface area contributed by atoms with Crippen LogP contribution >= 0.6 is 0 Å². The van der Waals surface area contributed by atoms with Gasteiger partial charge in [0.2, 0.25) is 0 Å². The summed E-state index contributed by atoms with van der Waals surface area (Å²) in [5.41, 5.74) is -0.0117. The van der Waals surface area contributed by atoms with Crippen molar-refractivity contribution < 1.29 is 24.2 Å². The number of ether oxygens (including phenoxy) is 1. The Hall–Kier alpha value is -2.17. The molecule has 0 saturated heterocycles. The quantitative estimate of drug-likeness (QED) is 0.435. The van der Waals surface area contributed by atoms with E-state index in [1.807, 2.05) is 0 Å². The first kappa shape index (κ1) is 9.91. The van der Waals surface area contributed by atoms with E-state index in [0.717, 1.165) is 6.07 Å². The lowest BCUT2D eigenvalue weighted by molar-refractivity contribution is -0.123. The topological polar surface area (TPSA) is 80.7 Å². The van der Waals surface area contributed by atoms with Crippen molar-refractivity contribution in [1.29, 1.82) is 0 Å². The van der Waals surface area contributed by atoms with Crippen molar-refractivity contribution in [1.82, 2.24) is 0 Å². The zero-order valence-corrected chi connectivity index (χ0v) is 6.97. The van der Waals surface area contributed by atoms with Crippen LogP contribution in [0.25, 0.3) is 0 Å². The maximum absolute atomic E-state index is 11.0. The molecule has 0 fully saturated rings. The predicted molar refractivity (Wildman–Crippen MR) is 44.9 cm³/mol. The van der Waals surface area contributed by atoms with Crippen molar-refractivity contribution in [2.24, 2.45) is 0 Å². The highest BCUT2D eigenvalue weighted by Gasteiger charge is 2.09. The number of aromatic carboxylic acids is 1. The number of carbonyl (C=O) groups excluding carboxylic acids is 2. The summed E-state index contributed by atoms with van der Waals surface area (Å²) in [4.78, 5) is 31.3. The molecule has 0 saturated carbocycles. The zero-order valence-electron chi connectivity index (χ0n) is 6.97. The summed E-state index contributed by atoms with van der Waals surface area (Å²) in [6, 6.07) is 5.22. The summed E-state index contributed by atoms with van der Waals surface area (Å²) in [6.45, 7) is -0.00419. The lowest BCUT2D eigenvalue weighted by Crippen LogP contribution is -2.05. The minimum absolute atomic E-state index is 0.00419. The molecule has 0 spiro atoms. The standard InChI is InChI=1S/C9H6O5/c10-5-14-9(13)7-3-1-2-6(4-7)8(11)12/h1-5H,(H,11,12). The lowest BCUT2D eigenvalue weighted by Gasteiger charge is -1.98. The second-order valence-corrected chi connectivity index (χ2v) is 2.39. The third-order valence-electron chi connectivity index (χ3n) is 1.50. The first-order chi connectivity index (χ1) is 6.65. The van der Waals surface area contributed by atoms with Gasteiger partial charge in [0.25, 0.3) is 0 Å². The summed E-state index contributed by atoms with van der Waals surface area (Å²) < 4.78 is 4.05. The Labute approximate surface area is 78.9 Å². The smallest absolute Gasteiger partial charge is 0.345 e. The number of carboxylic acid groups (broad SMARTS) is 1. The highest BCUT2D eigenvalue weighted by atomic mass is 16.6. The van der Waals surface area contributed by atoms with E-state index in [1.165, 1.54) is 18.2 Å². The van der Waals surface area contributed by atoms with Crippen molar-refractivity contribution in [3.05, 3.63) is 35.4 Å². The lowest BCUT2D eigenvalue weighted by atomic mass is 10.1. The Balaban J connectivity index is 2.99. The molecule has 0 radical (unpaired) electrons. The molecule has 0 aliphatic rings. The fraction of sp³-hybridized carbons (Fsp3) is 0. The van der Waals surface area contributed by atoms with Crippen LogP contribution in [0.5, 0.6) is 0 Å². The summed E-state index contributed by atoms with van der Waals surface area (Å²) in [6.07, 6.45) is 0. The van der Waals surface area contributed by atoms with Gasteiger partial charge in [-0.3, -0.25) is 4.79 Å². The predicted octanol–water partition coefficient (Wildman–Crippen LogP) is 0.698. The zero-order chi connectivity index (χ0) is 10.6. The molecule has 0 aliphatic carbocycles. The van der Waals surface area contributed by atoms with Gasteiger partial charge in [-0.2, -0.15) is 0 Å². The number of rotatable bonds is 3. The fourth-order valence-electron chi connectivity index (χ4n) is 0.891. The Morgan fingerprint density at radius 2 is 1.93 bits per heavy atom. The van der Waals surface area contributed by atoms with Gasteiger partial charge in [0.15, 0.2) is 0 Å². The van der Waals surface area contributed by atoms with Crippen LogP contribution in [0.15, 0.2) is 24.3 Å². The average molecular weight is 194 g/mol. The van der Waals surface area contributed by atoms with E-state index in [2.05, 4.69) is 4.74 Å². The molecule has 1 rings (SSSR count). The molecule has 72 valence electrons. The summed E-state index contributed by atoms with van der Waals surface area (Å²) >= 11 is 0. The van der Waals surface area contributed by atoms with Gasteiger partial charge < -0.3 is 9.84 Å². The largest absolute Gasteiger partial charge is 0.478 e. The summed E-state index contributed by atoms with van der Waals surface area (Å²) in [5.74, 6) is -2.02. The second kappa shape index (κ2) is 4.18. The van der Waals surface area contributed by atoms with E-state index in [9.17, 15) is 14.4 Å². The highest BCUT2D eigenvalue weighted by molar-refractivity contribution is 5.96. The fourth-order valence-corrected chi connectivity index (χ4v) is 0.891. The van der Waals surface area contributed by atoms with E-state index in [1.54, 1.807) is 0 Å². The van der Waals surface area contributed by atoms with Gasteiger partial charge >= 0.3 is 18.4 Å². The van der Waals surface area contributed by atoms with Gasteiger partial charge in [-0.25, -0.2) is 9.59 Å². The number of hydrogen-bond donors (Lipinski definition) is 1. The van der Waals surface area contributed by atoms with E-state index in [0.29, 0.717) is 0 Å². The Morgan fingerprint density at radius 1 is 1.29 bits per heavy atom. The van der Waals surface area contributed by atoms with Gasteiger partial charge in [0.05, 0.1) is 11.1 Å². The van der Waals surface area contributed by atoms with E-state index in [-0.39, 0.29) is 17.6 Å². The molecule has 5 nitrogen and oxygen atoms in total. The van der Waals surface area contributed by atoms with Gasteiger partial charge in [-0.05, 0) is 18.2 Å². The third-order valence-corrected chi connectivity index (χ3v) is 1.50. The number of carboxylic acids is 1. The molecule has 5 heteroatoms. The molecule has 0 bridgehead atoms. The van der Waals surface area contributed by atoms with E-state index in [4.69, 9.17) is 5.11 Å². The van der Waals surface area contributed by atoms with Crippen molar-refractivity contribution in [3.63, 3.8) is 0 Å². The first-order valence-corrected chi connectivity index (χ1v) is 3.63. The van der Waals surface area contributed by atoms with Crippen molar-refractivity contribution in [3.8, 4) is 0 Å². The van der Waals surface area contributed by atoms with Gasteiger partial charge in [0.1, 0.15) is 0 Å². The molecule has 0 amide bonds. The van der Waals surface area contributed by atoms with Crippen LogP contribution in [0.1, 0.15) is 20.7 Å². The van der Waals surface area contributed by atoms with E-state index < -0.39 is 11.9 Å². The molecular weight excluding hydrogens is 188 g/mol. The molecule has 0 heterocycles. The van der Waals surface area contributed by atoms with Crippen LogP contribution in [-0.2, 0) is 9.53 Å². The molecule has 0 atom stereocenters. The number of benzene rings is 1. The van der Waals surface area contributed by atoms with Crippen LogP contribution in [0.4, 0.5) is 0 Å². The molecular formula is C9H6O5. The molecule has 14 heavy (non-hydrogen) atoms. The minimum atomic E-state index is -1.15. The molecule has 1 aromatic carbocycles. The van der Waals surface area contributed by atoms with Crippen LogP contribution < -0.4 is 0 Å². The maximum Gasteiger partial charge on any atom is 0.345 e. The number of carbonyl (C=O) groups is 3. The van der Waals surface area contributed by atoms with Gasteiger partial charge in [-0.15, -0.1) is 0 Å². The van der Waals surface area contributed by atoms with Gasteiger partial charge in [-0.1, -0.05) is 6.07 Å². The van der Waals surface area contributed by atoms with Crippen molar-refractivity contribution in [2.45, 2.75) is 0 Å². The maximum atomic E-state index is 11.0. The molecule has 0 aromatic heterocycles.